The van der Waals surface area contributed by atoms with Crippen molar-refractivity contribution >= 4 is 22.7 Å². The number of nitrogens with one attached hydrogen (secondary N) is 1. The molecule has 8 nitrogen and oxygen atoms in total. The second kappa shape index (κ2) is 6.83. The number of rotatable bonds is 5. The molecule has 0 aliphatic heterocycles. The lowest BCUT2D eigenvalue weighted by molar-refractivity contribution is -0.274. The van der Waals surface area contributed by atoms with Crippen LogP contribution in [0, 0.1) is 0 Å². The first kappa shape index (κ1) is 17.8. The first-order valence-electron chi connectivity index (χ1n) is 8.15. The van der Waals surface area contributed by atoms with Crippen LogP contribution in [0.1, 0.15) is 5.56 Å². The molecule has 0 atom stereocenters. The molecule has 4 aromatic rings. The summed E-state index contributed by atoms with van der Waals surface area (Å²) in [5.41, 5.74) is 1.86. The van der Waals surface area contributed by atoms with Crippen molar-refractivity contribution in [1.82, 2.24) is 29.5 Å². The number of aromatic nitrogens is 6. The van der Waals surface area contributed by atoms with E-state index < -0.39 is 6.36 Å². The Morgan fingerprint density at radius 3 is 2.75 bits per heavy atom. The molecule has 0 saturated carbocycles. The Morgan fingerprint density at radius 1 is 1.14 bits per heavy atom. The molecule has 0 unspecified atom stereocenters. The smallest absolute Gasteiger partial charge is 0.406 e. The van der Waals surface area contributed by atoms with Crippen molar-refractivity contribution in [3.8, 4) is 5.75 Å². The van der Waals surface area contributed by atoms with Crippen molar-refractivity contribution in [2.24, 2.45) is 7.05 Å². The van der Waals surface area contributed by atoms with Gasteiger partial charge in [0, 0.05) is 19.4 Å². The average molecular weight is 389 g/mol. The predicted molar refractivity (Wildman–Crippen MR) is 94.0 cm³/mol. The number of hydrogen-bond acceptors (Lipinski definition) is 6. The van der Waals surface area contributed by atoms with Crippen LogP contribution in [0.2, 0.25) is 0 Å². The predicted octanol–water partition coefficient (Wildman–Crippen LogP) is 3.25. The summed E-state index contributed by atoms with van der Waals surface area (Å²) in [7, 11) is 1.79. The van der Waals surface area contributed by atoms with E-state index in [0.29, 0.717) is 22.5 Å². The maximum atomic E-state index is 12.4. The van der Waals surface area contributed by atoms with E-state index in [1.807, 2.05) is 0 Å². The number of benzene rings is 1. The monoisotopic (exact) mass is 389 g/mol. The van der Waals surface area contributed by atoms with Gasteiger partial charge >= 0.3 is 6.36 Å². The lowest BCUT2D eigenvalue weighted by Gasteiger charge is -2.10. The summed E-state index contributed by atoms with van der Waals surface area (Å²) < 4.78 is 44.4. The summed E-state index contributed by atoms with van der Waals surface area (Å²) in [6, 6.07) is 5.74. The highest BCUT2D eigenvalue weighted by Gasteiger charge is 2.31. The molecule has 0 spiro atoms. The van der Waals surface area contributed by atoms with Gasteiger partial charge in [0.2, 0.25) is 5.95 Å². The molecule has 1 aromatic carbocycles. The van der Waals surface area contributed by atoms with Gasteiger partial charge in [-0.25, -0.2) is 9.67 Å². The summed E-state index contributed by atoms with van der Waals surface area (Å²) in [5.74, 6) is 0.0754. The molecule has 3 aromatic heterocycles. The number of fused-ring (bicyclic) bond motifs is 1. The minimum Gasteiger partial charge on any atom is -0.406 e. The Labute approximate surface area is 156 Å². The fraction of sp³-hybridized carbons (Fsp3) is 0.176. The van der Waals surface area contributed by atoms with E-state index in [0.717, 1.165) is 5.69 Å². The summed E-state index contributed by atoms with van der Waals surface area (Å²) in [4.78, 5) is 8.68. The zero-order valence-electron chi connectivity index (χ0n) is 14.6. The lowest BCUT2D eigenvalue weighted by atomic mass is 10.2. The van der Waals surface area contributed by atoms with Crippen molar-refractivity contribution in [2.45, 2.75) is 12.9 Å². The van der Waals surface area contributed by atoms with Crippen LogP contribution in [0.3, 0.4) is 0 Å². The summed E-state index contributed by atoms with van der Waals surface area (Å²) in [6.07, 6.45) is 1.89. The van der Waals surface area contributed by atoms with Crippen LogP contribution in [-0.4, -0.2) is 35.9 Å². The van der Waals surface area contributed by atoms with E-state index in [1.54, 1.807) is 47.3 Å². The highest BCUT2D eigenvalue weighted by Crippen LogP contribution is 2.24. The van der Waals surface area contributed by atoms with Crippen LogP contribution in [0.5, 0.6) is 5.75 Å². The standard InChI is InChI=1S/C17H14F3N7O/c1-26-10-13(8-22-26)24-16-21-6-12-7-23-27(15(12)25-16)9-11-3-2-4-14(5-11)28-17(18,19)20/h2-8,10H,9H2,1H3,(H,21,24,25). The molecule has 144 valence electrons. The summed E-state index contributed by atoms with van der Waals surface area (Å²) in [6.45, 7) is 0.224. The molecule has 0 fully saturated rings. The second-order valence-corrected chi connectivity index (χ2v) is 6.00. The zero-order chi connectivity index (χ0) is 19.7. The van der Waals surface area contributed by atoms with Gasteiger partial charge in [0.15, 0.2) is 5.65 Å². The third kappa shape index (κ3) is 4.03. The molecule has 1 N–H and O–H groups in total. The minimum atomic E-state index is -4.74. The Bertz CT molecular complexity index is 1120. The highest BCUT2D eigenvalue weighted by molar-refractivity contribution is 5.75. The third-order valence-corrected chi connectivity index (χ3v) is 3.80. The van der Waals surface area contributed by atoms with Crippen LogP contribution in [0.25, 0.3) is 11.0 Å². The lowest BCUT2D eigenvalue weighted by Crippen LogP contribution is -2.17. The van der Waals surface area contributed by atoms with Gasteiger partial charge in [-0.1, -0.05) is 12.1 Å². The van der Waals surface area contributed by atoms with Crippen LogP contribution < -0.4 is 10.1 Å². The number of aryl methyl sites for hydroxylation is 1. The number of anilines is 2. The molecular weight excluding hydrogens is 375 g/mol. The van der Waals surface area contributed by atoms with Crippen molar-refractivity contribution in [2.75, 3.05) is 5.32 Å². The Hall–Kier alpha value is -3.63. The van der Waals surface area contributed by atoms with Gasteiger partial charge < -0.3 is 10.1 Å². The Balaban J connectivity index is 1.59. The normalized spacial score (nSPS) is 11.7. The van der Waals surface area contributed by atoms with Crippen LogP contribution >= 0.6 is 0 Å². The Morgan fingerprint density at radius 2 is 2.00 bits per heavy atom. The van der Waals surface area contributed by atoms with Gasteiger partial charge in [0.25, 0.3) is 0 Å². The first-order valence-corrected chi connectivity index (χ1v) is 8.15. The largest absolute Gasteiger partial charge is 0.573 e. The fourth-order valence-electron chi connectivity index (χ4n) is 2.67. The molecule has 0 saturated heterocycles. The average Bonchev–Trinajstić information content (AvgIpc) is 3.20. The molecule has 0 aliphatic carbocycles. The van der Waals surface area contributed by atoms with Crippen molar-refractivity contribution in [3.63, 3.8) is 0 Å². The van der Waals surface area contributed by atoms with Gasteiger partial charge in [-0.05, 0) is 17.7 Å². The van der Waals surface area contributed by atoms with Gasteiger partial charge in [-0.3, -0.25) is 4.68 Å². The summed E-state index contributed by atoms with van der Waals surface area (Å²) >= 11 is 0. The highest BCUT2D eigenvalue weighted by atomic mass is 19.4. The van der Waals surface area contributed by atoms with Gasteiger partial charge in [-0.2, -0.15) is 15.2 Å². The molecule has 0 bridgehead atoms. The van der Waals surface area contributed by atoms with E-state index >= 15 is 0 Å². The number of halogens is 3. The molecule has 0 aliphatic rings. The molecule has 3 heterocycles. The van der Waals surface area contributed by atoms with Crippen LogP contribution in [-0.2, 0) is 13.6 Å². The number of alkyl halides is 3. The van der Waals surface area contributed by atoms with E-state index in [1.165, 1.54) is 18.2 Å². The molecule has 0 radical (unpaired) electrons. The van der Waals surface area contributed by atoms with E-state index in [4.69, 9.17) is 0 Å². The number of ether oxygens (including phenoxy) is 1. The molecular formula is C17H14F3N7O. The maximum Gasteiger partial charge on any atom is 0.573 e. The summed E-state index contributed by atoms with van der Waals surface area (Å²) in [5, 5.41) is 12.1. The van der Waals surface area contributed by atoms with Crippen LogP contribution in [0.4, 0.5) is 24.8 Å². The van der Waals surface area contributed by atoms with E-state index in [9.17, 15) is 13.2 Å². The number of hydrogen-bond donors (Lipinski definition) is 1. The molecule has 11 heteroatoms. The van der Waals surface area contributed by atoms with Gasteiger partial charge in [0.05, 0.1) is 30.0 Å². The number of nitrogens with zero attached hydrogens (tertiary/aromatic N) is 6. The fourth-order valence-corrected chi connectivity index (χ4v) is 2.67. The van der Waals surface area contributed by atoms with Crippen molar-refractivity contribution < 1.29 is 17.9 Å². The third-order valence-electron chi connectivity index (χ3n) is 3.80. The Kier molecular flexibility index (Phi) is 4.34. The first-order chi connectivity index (χ1) is 13.4. The maximum absolute atomic E-state index is 12.4. The quantitative estimate of drug-likeness (QED) is 0.564. The van der Waals surface area contributed by atoms with Gasteiger partial charge in [0.1, 0.15) is 5.75 Å². The van der Waals surface area contributed by atoms with Gasteiger partial charge in [-0.15, -0.1) is 13.2 Å². The van der Waals surface area contributed by atoms with E-state index in [2.05, 4.69) is 30.2 Å². The molecule has 0 amide bonds. The minimum absolute atomic E-state index is 0.224. The van der Waals surface area contributed by atoms with E-state index in [-0.39, 0.29) is 12.3 Å². The molecule has 28 heavy (non-hydrogen) atoms. The SMILES string of the molecule is Cn1cc(Nc2ncc3cnn(Cc4cccc(OC(F)(F)F)c4)c3n2)cn1. The van der Waals surface area contributed by atoms with Crippen LogP contribution in [0.15, 0.2) is 49.1 Å². The topological polar surface area (TPSA) is 82.7 Å². The van der Waals surface area contributed by atoms with Crippen molar-refractivity contribution in [1.29, 1.82) is 0 Å². The zero-order valence-corrected chi connectivity index (χ0v) is 14.6. The second-order valence-electron chi connectivity index (χ2n) is 6.00. The molecule has 4 rings (SSSR count). The van der Waals surface area contributed by atoms with Crippen molar-refractivity contribution in [3.05, 3.63) is 54.6 Å².